The van der Waals surface area contributed by atoms with Crippen LogP contribution in [0.4, 0.5) is 0 Å². The van der Waals surface area contributed by atoms with Crippen molar-refractivity contribution in [3.63, 3.8) is 0 Å². The molecule has 94 valence electrons. The first-order valence-electron chi connectivity index (χ1n) is 6.95. The molecular weight excluding hydrogens is 196 g/mol. The third-order valence-electron chi connectivity index (χ3n) is 4.84. The van der Waals surface area contributed by atoms with Crippen molar-refractivity contribution in [3.8, 4) is 0 Å². The predicted molar refractivity (Wildman–Crippen MR) is 69.4 cm³/mol. The van der Waals surface area contributed by atoms with Gasteiger partial charge in [0, 0.05) is 18.1 Å². The molecule has 1 atom stereocenters. The van der Waals surface area contributed by atoms with E-state index in [1.54, 1.807) is 0 Å². The van der Waals surface area contributed by atoms with Crippen LogP contribution in [0.15, 0.2) is 0 Å². The molecule has 0 bridgehead atoms. The molecule has 2 fully saturated rings. The minimum absolute atomic E-state index is 0.477. The normalized spacial score (nSPS) is 39.2. The Balaban J connectivity index is 1.86. The summed E-state index contributed by atoms with van der Waals surface area (Å²) in [5.74, 6) is 0. The molecule has 0 aromatic rings. The predicted octanol–water partition coefficient (Wildman–Crippen LogP) is 2.77. The van der Waals surface area contributed by atoms with Gasteiger partial charge in [-0.1, -0.05) is 13.8 Å². The van der Waals surface area contributed by atoms with Gasteiger partial charge in [-0.25, -0.2) is 0 Å². The summed E-state index contributed by atoms with van der Waals surface area (Å²) in [6.07, 6.45) is 9.26. The summed E-state index contributed by atoms with van der Waals surface area (Å²) >= 11 is 0. The molecule has 2 heteroatoms. The van der Waals surface area contributed by atoms with Gasteiger partial charge in [0.2, 0.25) is 0 Å². The lowest BCUT2D eigenvalue weighted by Crippen LogP contribution is -2.43. The third-order valence-corrected chi connectivity index (χ3v) is 4.84. The smallest absolute Gasteiger partial charge is 0.0100 e. The first-order valence-corrected chi connectivity index (χ1v) is 6.95. The number of hydrogen-bond donors (Lipinski definition) is 1. The highest BCUT2D eigenvalue weighted by Crippen LogP contribution is 2.40. The molecule has 0 aliphatic heterocycles. The van der Waals surface area contributed by atoms with E-state index < -0.39 is 0 Å². The highest BCUT2D eigenvalue weighted by Gasteiger charge is 2.35. The van der Waals surface area contributed by atoms with E-state index in [0.29, 0.717) is 11.5 Å². The van der Waals surface area contributed by atoms with Crippen LogP contribution in [0.2, 0.25) is 0 Å². The van der Waals surface area contributed by atoms with Crippen molar-refractivity contribution in [2.45, 2.75) is 76.9 Å². The first kappa shape index (κ1) is 12.4. The van der Waals surface area contributed by atoms with Gasteiger partial charge in [0.25, 0.3) is 0 Å². The summed E-state index contributed by atoms with van der Waals surface area (Å²) in [6.45, 7) is 4.83. The quantitative estimate of drug-likeness (QED) is 0.781. The fraction of sp³-hybridized carbons (Fsp3) is 1.00. The van der Waals surface area contributed by atoms with Crippen molar-refractivity contribution >= 4 is 0 Å². The third kappa shape index (κ3) is 2.78. The van der Waals surface area contributed by atoms with E-state index in [4.69, 9.17) is 5.73 Å². The van der Waals surface area contributed by atoms with Crippen LogP contribution in [0.25, 0.3) is 0 Å². The summed E-state index contributed by atoms with van der Waals surface area (Å²) in [6, 6.07) is 2.11. The fourth-order valence-corrected chi connectivity index (χ4v) is 3.55. The van der Waals surface area contributed by atoms with Crippen molar-refractivity contribution in [2.24, 2.45) is 11.1 Å². The zero-order valence-corrected chi connectivity index (χ0v) is 11.2. The number of hydrogen-bond acceptors (Lipinski definition) is 2. The van der Waals surface area contributed by atoms with Crippen molar-refractivity contribution in [1.82, 2.24) is 4.90 Å². The maximum absolute atomic E-state index is 5.98. The van der Waals surface area contributed by atoms with Gasteiger partial charge < -0.3 is 10.6 Å². The van der Waals surface area contributed by atoms with Gasteiger partial charge in [0.05, 0.1) is 0 Å². The van der Waals surface area contributed by atoms with Gasteiger partial charge in [-0.3, -0.25) is 0 Å². The minimum Gasteiger partial charge on any atom is -0.328 e. The molecule has 2 nitrogen and oxygen atoms in total. The number of rotatable bonds is 2. The molecule has 0 saturated heterocycles. The topological polar surface area (TPSA) is 29.3 Å². The summed E-state index contributed by atoms with van der Waals surface area (Å²) in [7, 11) is 2.34. The Kier molecular flexibility index (Phi) is 3.60. The Hall–Kier alpha value is -0.0800. The average Bonchev–Trinajstić information content (AvgIpc) is 2.59. The second-order valence-electron chi connectivity index (χ2n) is 6.79. The monoisotopic (exact) mass is 224 g/mol. The number of nitrogens with two attached hydrogens (primary N) is 1. The SMILES string of the molecule is CN(C1CCC(N)CC1)C1CCC(C)(C)C1. The van der Waals surface area contributed by atoms with Gasteiger partial charge in [-0.2, -0.15) is 0 Å². The highest BCUT2D eigenvalue weighted by atomic mass is 15.2. The summed E-state index contributed by atoms with van der Waals surface area (Å²) in [5.41, 5.74) is 6.55. The van der Waals surface area contributed by atoms with Crippen LogP contribution >= 0.6 is 0 Å². The van der Waals surface area contributed by atoms with E-state index in [1.807, 2.05) is 0 Å². The molecule has 16 heavy (non-hydrogen) atoms. The molecule has 0 amide bonds. The van der Waals surface area contributed by atoms with Crippen molar-refractivity contribution in [1.29, 1.82) is 0 Å². The molecule has 1 unspecified atom stereocenters. The zero-order valence-electron chi connectivity index (χ0n) is 11.2. The highest BCUT2D eigenvalue weighted by molar-refractivity contribution is 4.90. The molecule has 2 N–H and O–H groups in total. The lowest BCUT2D eigenvalue weighted by molar-refractivity contribution is 0.127. The summed E-state index contributed by atoms with van der Waals surface area (Å²) in [4.78, 5) is 2.67. The van der Waals surface area contributed by atoms with Crippen LogP contribution in [-0.2, 0) is 0 Å². The average molecular weight is 224 g/mol. The Morgan fingerprint density at radius 1 is 1.00 bits per heavy atom. The second-order valence-corrected chi connectivity index (χ2v) is 6.79. The molecule has 2 saturated carbocycles. The lowest BCUT2D eigenvalue weighted by atomic mass is 9.89. The van der Waals surface area contributed by atoms with Crippen molar-refractivity contribution in [2.75, 3.05) is 7.05 Å². The van der Waals surface area contributed by atoms with Crippen molar-refractivity contribution < 1.29 is 0 Å². The summed E-state index contributed by atoms with van der Waals surface area (Å²) < 4.78 is 0. The molecule has 0 radical (unpaired) electrons. The Morgan fingerprint density at radius 2 is 1.62 bits per heavy atom. The van der Waals surface area contributed by atoms with Crippen LogP contribution in [-0.4, -0.2) is 30.1 Å². The maximum Gasteiger partial charge on any atom is 0.0100 e. The van der Waals surface area contributed by atoms with E-state index in [9.17, 15) is 0 Å². The lowest BCUT2D eigenvalue weighted by Gasteiger charge is -2.37. The molecule has 0 aromatic heterocycles. The first-order chi connectivity index (χ1) is 7.48. The standard InChI is InChI=1S/C14H28N2/c1-14(2)9-8-13(10-14)16(3)12-6-4-11(15)5-7-12/h11-13H,4-10,15H2,1-3H3. The van der Waals surface area contributed by atoms with E-state index in [1.165, 1.54) is 44.9 Å². The Morgan fingerprint density at radius 3 is 2.12 bits per heavy atom. The van der Waals surface area contributed by atoms with Gasteiger partial charge in [0.1, 0.15) is 0 Å². The van der Waals surface area contributed by atoms with E-state index in [2.05, 4.69) is 25.8 Å². The molecule has 2 aliphatic rings. The molecule has 0 aromatic carbocycles. The fourth-order valence-electron chi connectivity index (χ4n) is 3.55. The molecule has 2 aliphatic carbocycles. The van der Waals surface area contributed by atoms with Crippen LogP contribution in [0.1, 0.15) is 58.8 Å². The Bertz CT molecular complexity index is 229. The van der Waals surface area contributed by atoms with Gasteiger partial charge in [-0.15, -0.1) is 0 Å². The largest absolute Gasteiger partial charge is 0.328 e. The summed E-state index contributed by atoms with van der Waals surface area (Å²) in [5, 5.41) is 0. The maximum atomic E-state index is 5.98. The van der Waals surface area contributed by atoms with Crippen molar-refractivity contribution in [3.05, 3.63) is 0 Å². The minimum atomic E-state index is 0.477. The van der Waals surface area contributed by atoms with Gasteiger partial charge >= 0.3 is 0 Å². The van der Waals surface area contributed by atoms with E-state index in [-0.39, 0.29) is 0 Å². The van der Waals surface area contributed by atoms with Gasteiger partial charge in [-0.05, 0) is 57.4 Å². The molecule has 0 heterocycles. The van der Waals surface area contributed by atoms with E-state index >= 15 is 0 Å². The number of nitrogens with zero attached hydrogens (tertiary/aromatic N) is 1. The van der Waals surface area contributed by atoms with Crippen LogP contribution < -0.4 is 5.73 Å². The van der Waals surface area contributed by atoms with Gasteiger partial charge in [0.15, 0.2) is 0 Å². The molecule has 2 rings (SSSR count). The van der Waals surface area contributed by atoms with Crippen LogP contribution in [0, 0.1) is 5.41 Å². The second kappa shape index (κ2) is 4.66. The Labute approximate surface area is 101 Å². The zero-order chi connectivity index (χ0) is 11.8. The molecule has 0 spiro atoms. The van der Waals surface area contributed by atoms with E-state index in [0.717, 1.165) is 12.1 Å². The molecular formula is C14H28N2. The van der Waals surface area contributed by atoms with Crippen LogP contribution in [0.5, 0.6) is 0 Å². The van der Waals surface area contributed by atoms with Crippen LogP contribution in [0.3, 0.4) is 0 Å².